The minimum absolute atomic E-state index is 0.0348. The van der Waals surface area contributed by atoms with Crippen LogP contribution in [0.15, 0.2) is 48.5 Å². The second kappa shape index (κ2) is 10.0. The molecule has 2 aliphatic heterocycles. The Hall–Kier alpha value is -3.71. The number of sulfone groups is 1. The van der Waals surface area contributed by atoms with Gasteiger partial charge in [0.25, 0.3) is 11.8 Å². The third-order valence-electron chi connectivity index (χ3n) is 6.69. The number of fused-ring (bicyclic) bond motifs is 1. The summed E-state index contributed by atoms with van der Waals surface area (Å²) in [6.07, 6.45) is -4.91. The largest absolute Gasteiger partial charge is 0.416 e. The van der Waals surface area contributed by atoms with Crippen LogP contribution >= 0.6 is 11.6 Å². The van der Waals surface area contributed by atoms with Crippen molar-refractivity contribution >= 4 is 44.6 Å². The molecule has 1 fully saturated rings. The molecule has 2 heterocycles. The Bertz CT molecular complexity index is 1650. The SMILES string of the molecule is O=C(Nc1cc(N2CCS(=O)(=O)CC2)cc2c1C(c1cc(F)ccc1Cl)NC2=O)c1cc(F)cc(C(F)(F)F)c1. The highest BCUT2D eigenvalue weighted by molar-refractivity contribution is 7.91. The summed E-state index contributed by atoms with van der Waals surface area (Å²) >= 11 is 6.28. The van der Waals surface area contributed by atoms with Crippen LogP contribution in [0.3, 0.4) is 0 Å². The maximum absolute atomic E-state index is 14.1. The first-order valence-corrected chi connectivity index (χ1v) is 14.0. The number of hydrogen-bond acceptors (Lipinski definition) is 5. The Kier molecular flexibility index (Phi) is 6.99. The predicted octanol–water partition coefficient (Wildman–Crippen LogP) is 4.96. The maximum atomic E-state index is 14.1. The third-order valence-corrected chi connectivity index (χ3v) is 8.64. The van der Waals surface area contributed by atoms with E-state index >= 15 is 0 Å². The van der Waals surface area contributed by atoms with Crippen molar-refractivity contribution in [3.63, 3.8) is 0 Å². The van der Waals surface area contributed by atoms with E-state index in [2.05, 4.69) is 10.6 Å². The first-order chi connectivity index (χ1) is 18.7. The van der Waals surface area contributed by atoms with Crippen LogP contribution < -0.4 is 15.5 Å². The Balaban J connectivity index is 1.62. The monoisotopic (exact) mass is 599 g/mol. The van der Waals surface area contributed by atoms with Crippen LogP contribution in [-0.2, 0) is 16.0 Å². The second-order valence-corrected chi connectivity index (χ2v) is 12.1. The summed E-state index contributed by atoms with van der Waals surface area (Å²) in [4.78, 5) is 27.9. The average molecular weight is 600 g/mol. The van der Waals surface area contributed by atoms with E-state index in [4.69, 9.17) is 11.6 Å². The highest BCUT2D eigenvalue weighted by Crippen LogP contribution is 2.42. The molecule has 1 saturated heterocycles. The molecule has 0 aromatic heterocycles. The molecule has 2 N–H and O–H groups in total. The molecule has 7 nitrogen and oxygen atoms in total. The van der Waals surface area contributed by atoms with E-state index in [-0.39, 0.29) is 58.1 Å². The molecule has 40 heavy (non-hydrogen) atoms. The normalized spacial score (nSPS) is 18.3. The highest BCUT2D eigenvalue weighted by atomic mass is 35.5. The summed E-state index contributed by atoms with van der Waals surface area (Å²) in [7, 11) is -3.25. The summed E-state index contributed by atoms with van der Waals surface area (Å²) in [6, 6.07) is 6.73. The van der Waals surface area contributed by atoms with Crippen LogP contribution in [0.4, 0.5) is 33.3 Å². The molecule has 1 atom stereocenters. The predicted molar refractivity (Wildman–Crippen MR) is 137 cm³/mol. The van der Waals surface area contributed by atoms with Crippen LogP contribution in [0.1, 0.15) is 43.4 Å². The van der Waals surface area contributed by atoms with Gasteiger partial charge in [-0.25, -0.2) is 17.2 Å². The smallest absolute Gasteiger partial charge is 0.369 e. The van der Waals surface area contributed by atoms with Gasteiger partial charge in [-0.2, -0.15) is 13.2 Å². The minimum atomic E-state index is -4.91. The van der Waals surface area contributed by atoms with Gasteiger partial charge < -0.3 is 15.5 Å². The zero-order chi connectivity index (χ0) is 29.0. The number of alkyl halides is 3. The number of carbonyl (C=O) groups is 2. The molecule has 0 aliphatic carbocycles. The first kappa shape index (κ1) is 27.8. The molecule has 1 unspecified atom stereocenters. The molecular weight excluding hydrogens is 581 g/mol. The Morgan fingerprint density at radius 3 is 2.38 bits per heavy atom. The number of hydrogen-bond donors (Lipinski definition) is 2. The van der Waals surface area contributed by atoms with Gasteiger partial charge in [0.1, 0.15) is 11.6 Å². The Labute approximate surface area is 229 Å². The van der Waals surface area contributed by atoms with E-state index in [1.165, 1.54) is 18.2 Å². The topological polar surface area (TPSA) is 95.6 Å². The quantitative estimate of drug-likeness (QED) is 0.414. The third kappa shape index (κ3) is 5.48. The number of halogens is 6. The van der Waals surface area contributed by atoms with Crippen molar-refractivity contribution in [1.29, 1.82) is 0 Å². The van der Waals surface area contributed by atoms with Gasteiger partial charge in [-0.1, -0.05) is 11.6 Å². The van der Waals surface area contributed by atoms with Crippen LogP contribution in [-0.4, -0.2) is 44.8 Å². The van der Waals surface area contributed by atoms with Gasteiger partial charge in [-0.3, -0.25) is 9.59 Å². The van der Waals surface area contributed by atoms with Crippen molar-refractivity contribution in [1.82, 2.24) is 5.32 Å². The zero-order valence-corrected chi connectivity index (χ0v) is 21.9. The summed E-state index contributed by atoms with van der Waals surface area (Å²) in [5, 5.41) is 5.24. The van der Waals surface area contributed by atoms with Crippen LogP contribution in [0.25, 0.3) is 0 Å². The van der Waals surface area contributed by atoms with Gasteiger partial charge in [-0.05, 0) is 48.5 Å². The minimum Gasteiger partial charge on any atom is -0.369 e. The lowest BCUT2D eigenvalue weighted by Crippen LogP contribution is -2.40. The lowest BCUT2D eigenvalue weighted by Gasteiger charge is -2.30. The fraction of sp³-hybridized carbons (Fsp3) is 0.231. The van der Waals surface area contributed by atoms with Crippen LogP contribution in [0, 0.1) is 11.6 Å². The molecule has 14 heteroatoms. The van der Waals surface area contributed by atoms with E-state index in [9.17, 15) is 40.0 Å². The molecule has 210 valence electrons. The van der Waals surface area contributed by atoms with Crippen LogP contribution in [0.5, 0.6) is 0 Å². The average Bonchev–Trinajstić information content (AvgIpc) is 3.21. The summed E-state index contributed by atoms with van der Waals surface area (Å²) in [5.74, 6) is -3.94. The first-order valence-electron chi connectivity index (χ1n) is 11.8. The number of rotatable bonds is 4. The molecular formula is C26H19ClF5N3O4S. The number of nitrogens with zero attached hydrogens (tertiary/aromatic N) is 1. The number of benzene rings is 3. The maximum Gasteiger partial charge on any atom is 0.416 e. The zero-order valence-electron chi connectivity index (χ0n) is 20.3. The van der Waals surface area contributed by atoms with Crippen molar-refractivity contribution in [2.75, 3.05) is 34.8 Å². The van der Waals surface area contributed by atoms with Crippen molar-refractivity contribution in [3.8, 4) is 0 Å². The van der Waals surface area contributed by atoms with E-state index in [0.29, 0.717) is 17.8 Å². The molecule has 0 saturated carbocycles. The van der Waals surface area contributed by atoms with Crippen molar-refractivity contribution in [3.05, 3.63) is 93.0 Å². The van der Waals surface area contributed by atoms with E-state index in [1.807, 2.05) is 0 Å². The van der Waals surface area contributed by atoms with Crippen molar-refractivity contribution in [2.24, 2.45) is 0 Å². The van der Waals surface area contributed by atoms with Gasteiger partial charge in [0.2, 0.25) is 0 Å². The highest BCUT2D eigenvalue weighted by Gasteiger charge is 2.36. The molecule has 0 spiro atoms. The van der Waals surface area contributed by atoms with Gasteiger partial charge in [0, 0.05) is 51.7 Å². The number of anilines is 2. The number of carbonyl (C=O) groups excluding carboxylic acids is 2. The Morgan fingerprint density at radius 2 is 1.70 bits per heavy atom. The van der Waals surface area contributed by atoms with Gasteiger partial charge in [0.05, 0.1) is 23.1 Å². The molecule has 3 aromatic carbocycles. The molecule has 2 aliphatic rings. The van der Waals surface area contributed by atoms with E-state index < -0.39 is 56.6 Å². The van der Waals surface area contributed by atoms with E-state index in [1.54, 1.807) is 4.90 Å². The van der Waals surface area contributed by atoms with Gasteiger partial charge in [-0.15, -0.1) is 0 Å². The van der Waals surface area contributed by atoms with Gasteiger partial charge in [0.15, 0.2) is 9.84 Å². The second-order valence-electron chi connectivity index (χ2n) is 9.35. The van der Waals surface area contributed by atoms with Gasteiger partial charge >= 0.3 is 6.18 Å². The Morgan fingerprint density at radius 1 is 1.00 bits per heavy atom. The molecule has 0 radical (unpaired) electrons. The van der Waals surface area contributed by atoms with Crippen molar-refractivity contribution < 1.29 is 40.0 Å². The van der Waals surface area contributed by atoms with Crippen LogP contribution in [0.2, 0.25) is 5.02 Å². The molecule has 2 amide bonds. The summed E-state index contributed by atoms with van der Waals surface area (Å²) in [5.41, 5.74) is -1.30. The molecule has 0 bridgehead atoms. The lowest BCUT2D eigenvalue weighted by molar-refractivity contribution is -0.137. The fourth-order valence-corrected chi connectivity index (χ4v) is 6.15. The van der Waals surface area contributed by atoms with Crippen molar-refractivity contribution in [2.45, 2.75) is 12.2 Å². The number of amides is 2. The fourth-order valence-electron chi connectivity index (χ4n) is 4.72. The molecule has 5 rings (SSSR count). The standard InChI is InChI=1S/C26H19ClF5N3O4S/c27-20-2-1-15(28)10-18(20)23-22-19(25(37)34-23)11-17(35-3-5-40(38,39)6-4-35)12-21(22)33-24(36)13-7-14(26(30,31)32)9-16(29)8-13/h1-2,7-12,23H,3-6H2,(H,33,36)(H,34,37). The summed E-state index contributed by atoms with van der Waals surface area (Å²) in [6.45, 7) is 0.183. The summed E-state index contributed by atoms with van der Waals surface area (Å²) < 4.78 is 91.7. The number of nitrogens with one attached hydrogen (secondary N) is 2. The lowest BCUT2D eigenvalue weighted by atomic mass is 9.95. The molecule has 3 aromatic rings. The van der Waals surface area contributed by atoms with E-state index in [0.717, 1.165) is 12.1 Å².